The number of hydrogen-bond donors (Lipinski definition) is 2. The number of hydrogen-bond acceptors (Lipinski definition) is 5. The maximum Gasteiger partial charge on any atom is 0.247 e. The minimum absolute atomic E-state index is 0.454. The first-order valence-corrected chi connectivity index (χ1v) is 7.68. The quantitative estimate of drug-likeness (QED) is 0.884. The van der Waals surface area contributed by atoms with Crippen molar-refractivity contribution in [2.45, 2.75) is 44.7 Å². The van der Waals surface area contributed by atoms with Crippen LogP contribution in [-0.4, -0.2) is 28.8 Å². The van der Waals surface area contributed by atoms with E-state index in [9.17, 15) is 0 Å². The maximum atomic E-state index is 5.19. The predicted molar refractivity (Wildman–Crippen MR) is 83.1 cm³/mol. The van der Waals surface area contributed by atoms with Gasteiger partial charge in [-0.25, -0.2) is 0 Å². The summed E-state index contributed by atoms with van der Waals surface area (Å²) < 4.78 is 5.19. The third-order valence-electron chi connectivity index (χ3n) is 3.96. The number of rotatable bonds is 5. The molecular formula is C16H22N4O. The lowest BCUT2D eigenvalue weighted by atomic mass is 9.98. The maximum absolute atomic E-state index is 5.19. The molecule has 0 radical (unpaired) electrons. The molecule has 1 aliphatic rings. The lowest BCUT2D eigenvalue weighted by Crippen LogP contribution is -2.37. The Morgan fingerprint density at radius 3 is 2.86 bits per heavy atom. The Bertz CT molecular complexity index is 532. The van der Waals surface area contributed by atoms with Crippen LogP contribution in [0.2, 0.25) is 0 Å². The summed E-state index contributed by atoms with van der Waals surface area (Å²) in [5.74, 6) is 0.556. The predicted octanol–water partition coefficient (Wildman–Crippen LogP) is 3.07. The second-order valence-electron chi connectivity index (χ2n) is 5.75. The van der Waals surface area contributed by atoms with Gasteiger partial charge < -0.3 is 15.1 Å². The molecule has 0 aliphatic carbocycles. The van der Waals surface area contributed by atoms with Gasteiger partial charge in [0.05, 0.1) is 0 Å². The van der Waals surface area contributed by atoms with Crippen LogP contribution < -0.4 is 10.6 Å². The molecule has 1 aromatic heterocycles. The van der Waals surface area contributed by atoms with Gasteiger partial charge in [-0.2, -0.15) is 0 Å². The first-order chi connectivity index (χ1) is 10.3. The standard InChI is InChI=1S/C16H22N4O/c1-12(10-15-4-2-3-9-17-15)19-14-7-5-13(6-8-14)16-20-18-11-21-16/h5-8,11-12,15,17,19H,2-4,9-10H2,1H3. The van der Waals surface area contributed by atoms with Crippen molar-refractivity contribution in [2.24, 2.45) is 0 Å². The smallest absolute Gasteiger partial charge is 0.247 e. The zero-order valence-electron chi connectivity index (χ0n) is 12.4. The van der Waals surface area contributed by atoms with Crippen molar-refractivity contribution in [3.05, 3.63) is 30.7 Å². The van der Waals surface area contributed by atoms with Gasteiger partial charge in [0.25, 0.3) is 0 Å². The Morgan fingerprint density at radius 2 is 2.19 bits per heavy atom. The molecule has 1 aliphatic heterocycles. The van der Waals surface area contributed by atoms with E-state index in [2.05, 4.69) is 39.9 Å². The van der Waals surface area contributed by atoms with Crippen LogP contribution in [0, 0.1) is 0 Å². The van der Waals surface area contributed by atoms with Crippen LogP contribution in [0.3, 0.4) is 0 Å². The monoisotopic (exact) mass is 286 g/mol. The van der Waals surface area contributed by atoms with Gasteiger partial charge in [-0.15, -0.1) is 10.2 Å². The highest BCUT2D eigenvalue weighted by atomic mass is 16.4. The fourth-order valence-electron chi connectivity index (χ4n) is 2.90. The number of nitrogens with one attached hydrogen (secondary N) is 2. The van der Waals surface area contributed by atoms with Crippen molar-refractivity contribution in [1.82, 2.24) is 15.5 Å². The minimum Gasteiger partial charge on any atom is -0.423 e. The molecule has 2 N–H and O–H groups in total. The number of piperidine rings is 1. The zero-order chi connectivity index (χ0) is 14.5. The van der Waals surface area contributed by atoms with E-state index >= 15 is 0 Å². The molecule has 0 saturated carbocycles. The zero-order valence-corrected chi connectivity index (χ0v) is 12.4. The van der Waals surface area contributed by atoms with E-state index in [1.165, 1.54) is 25.7 Å². The summed E-state index contributed by atoms with van der Waals surface area (Å²) in [5, 5.41) is 14.8. The van der Waals surface area contributed by atoms with Gasteiger partial charge in [0.15, 0.2) is 0 Å². The molecular weight excluding hydrogens is 264 g/mol. The summed E-state index contributed by atoms with van der Waals surface area (Å²) in [6.45, 7) is 3.40. The van der Waals surface area contributed by atoms with Gasteiger partial charge in [-0.05, 0) is 57.0 Å². The Balaban J connectivity index is 1.54. The molecule has 2 aromatic rings. The van der Waals surface area contributed by atoms with E-state index in [0.717, 1.165) is 24.2 Å². The largest absolute Gasteiger partial charge is 0.423 e. The van der Waals surface area contributed by atoms with Crippen LogP contribution in [0.4, 0.5) is 5.69 Å². The normalized spacial score (nSPS) is 20.1. The Labute approximate surface area is 125 Å². The van der Waals surface area contributed by atoms with Gasteiger partial charge in [0, 0.05) is 23.3 Å². The average Bonchev–Trinajstić information content (AvgIpc) is 3.03. The fraction of sp³-hybridized carbons (Fsp3) is 0.500. The van der Waals surface area contributed by atoms with E-state index in [1.54, 1.807) is 0 Å². The Hall–Kier alpha value is -1.88. The van der Waals surface area contributed by atoms with Crippen molar-refractivity contribution in [3.8, 4) is 11.5 Å². The van der Waals surface area contributed by atoms with Crippen LogP contribution in [0.15, 0.2) is 35.1 Å². The Kier molecular flexibility index (Phi) is 4.50. The van der Waals surface area contributed by atoms with E-state index in [0.29, 0.717) is 18.0 Å². The van der Waals surface area contributed by atoms with E-state index < -0.39 is 0 Å². The van der Waals surface area contributed by atoms with Crippen LogP contribution >= 0.6 is 0 Å². The summed E-state index contributed by atoms with van der Waals surface area (Å²) in [6, 6.07) is 9.23. The van der Waals surface area contributed by atoms with Crippen LogP contribution in [0.5, 0.6) is 0 Å². The van der Waals surface area contributed by atoms with E-state index in [-0.39, 0.29) is 0 Å². The molecule has 2 atom stereocenters. The van der Waals surface area contributed by atoms with Gasteiger partial charge >= 0.3 is 0 Å². The van der Waals surface area contributed by atoms with Crippen molar-refractivity contribution < 1.29 is 4.42 Å². The summed E-state index contributed by atoms with van der Waals surface area (Å²) in [4.78, 5) is 0. The van der Waals surface area contributed by atoms with E-state index in [1.807, 2.05) is 12.1 Å². The molecule has 2 heterocycles. The second-order valence-corrected chi connectivity index (χ2v) is 5.75. The van der Waals surface area contributed by atoms with Crippen molar-refractivity contribution in [1.29, 1.82) is 0 Å². The molecule has 0 amide bonds. The van der Waals surface area contributed by atoms with Crippen molar-refractivity contribution >= 4 is 5.69 Å². The van der Waals surface area contributed by atoms with Crippen LogP contribution in [-0.2, 0) is 0 Å². The van der Waals surface area contributed by atoms with Gasteiger partial charge in [-0.3, -0.25) is 0 Å². The molecule has 5 heteroatoms. The molecule has 1 fully saturated rings. The lowest BCUT2D eigenvalue weighted by Gasteiger charge is -2.27. The van der Waals surface area contributed by atoms with Gasteiger partial charge in [-0.1, -0.05) is 6.42 Å². The molecule has 2 unspecified atom stereocenters. The summed E-state index contributed by atoms with van der Waals surface area (Å²) in [5.41, 5.74) is 2.07. The first kappa shape index (κ1) is 14.1. The number of aromatic nitrogens is 2. The average molecular weight is 286 g/mol. The lowest BCUT2D eigenvalue weighted by molar-refractivity contribution is 0.371. The van der Waals surface area contributed by atoms with Gasteiger partial charge in [0.2, 0.25) is 12.3 Å². The van der Waals surface area contributed by atoms with E-state index in [4.69, 9.17) is 4.42 Å². The molecule has 3 rings (SSSR count). The number of anilines is 1. The fourth-order valence-corrected chi connectivity index (χ4v) is 2.90. The molecule has 1 saturated heterocycles. The highest BCUT2D eigenvalue weighted by Crippen LogP contribution is 2.20. The first-order valence-electron chi connectivity index (χ1n) is 7.68. The third-order valence-corrected chi connectivity index (χ3v) is 3.96. The van der Waals surface area contributed by atoms with Crippen LogP contribution in [0.25, 0.3) is 11.5 Å². The highest BCUT2D eigenvalue weighted by Gasteiger charge is 2.15. The number of benzene rings is 1. The summed E-state index contributed by atoms with van der Waals surface area (Å²) >= 11 is 0. The van der Waals surface area contributed by atoms with Crippen molar-refractivity contribution in [2.75, 3.05) is 11.9 Å². The molecule has 21 heavy (non-hydrogen) atoms. The second kappa shape index (κ2) is 6.72. The SMILES string of the molecule is CC(CC1CCCCN1)Nc1ccc(-c2nnco2)cc1. The summed E-state index contributed by atoms with van der Waals surface area (Å²) in [6.07, 6.45) is 6.47. The molecule has 5 nitrogen and oxygen atoms in total. The van der Waals surface area contributed by atoms with Crippen LogP contribution in [0.1, 0.15) is 32.6 Å². The molecule has 0 bridgehead atoms. The summed E-state index contributed by atoms with van der Waals surface area (Å²) in [7, 11) is 0. The number of nitrogens with zero attached hydrogens (tertiary/aromatic N) is 2. The molecule has 112 valence electrons. The molecule has 0 spiro atoms. The molecule has 1 aromatic carbocycles. The Morgan fingerprint density at radius 1 is 1.33 bits per heavy atom. The van der Waals surface area contributed by atoms with Gasteiger partial charge in [0.1, 0.15) is 0 Å². The third kappa shape index (κ3) is 3.82. The highest BCUT2D eigenvalue weighted by molar-refractivity contribution is 5.58. The van der Waals surface area contributed by atoms with Crippen molar-refractivity contribution in [3.63, 3.8) is 0 Å². The minimum atomic E-state index is 0.454. The topological polar surface area (TPSA) is 63.0 Å².